The summed E-state index contributed by atoms with van der Waals surface area (Å²) in [7, 11) is 0. The Labute approximate surface area is 142 Å². The summed E-state index contributed by atoms with van der Waals surface area (Å²) in [6.45, 7) is 7.52. The molecule has 0 spiro atoms. The van der Waals surface area contributed by atoms with Crippen LogP contribution in [0, 0.1) is 13.8 Å². The first-order chi connectivity index (χ1) is 9.54. The third-order valence-corrected chi connectivity index (χ3v) is 6.35. The van der Waals surface area contributed by atoms with Crippen molar-refractivity contribution in [1.29, 1.82) is 0 Å². The van der Waals surface area contributed by atoms with Crippen molar-refractivity contribution in [3.05, 3.63) is 54.1 Å². The second-order valence-electron chi connectivity index (χ2n) is 5.03. The van der Waals surface area contributed by atoms with Gasteiger partial charge in [0.1, 0.15) is 0 Å². The molecule has 0 aliphatic rings. The molecule has 0 bridgehead atoms. The van der Waals surface area contributed by atoms with Gasteiger partial charge in [-0.05, 0) is 70.4 Å². The van der Waals surface area contributed by atoms with Gasteiger partial charge in [-0.15, -0.1) is 0 Å². The number of rotatable bonds is 5. The SMILES string of the molecule is CCCNC(c1cc(C)c(Br)c(C)c1)c1cscc1Br. The molecule has 2 aromatic rings. The van der Waals surface area contributed by atoms with E-state index in [1.807, 2.05) is 0 Å². The van der Waals surface area contributed by atoms with Crippen LogP contribution in [0.2, 0.25) is 0 Å². The van der Waals surface area contributed by atoms with Crippen molar-refractivity contribution in [1.82, 2.24) is 5.32 Å². The number of benzene rings is 1. The number of nitrogens with one attached hydrogen (secondary N) is 1. The molecule has 1 atom stereocenters. The molecule has 1 aromatic heterocycles. The minimum absolute atomic E-state index is 0.251. The molecule has 1 N–H and O–H groups in total. The third kappa shape index (κ3) is 3.53. The number of aryl methyl sites for hydroxylation is 2. The van der Waals surface area contributed by atoms with Crippen LogP contribution >= 0.6 is 43.2 Å². The Balaban J connectivity index is 2.44. The molecule has 0 aliphatic carbocycles. The molecule has 4 heteroatoms. The number of thiophene rings is 1. The smallest absolute Gasteiger partial charge is 0.0596 e. The Kier molecular flexibility index (Phi) is 5.84. The normalized spacial score (nSPS) is 12.7. The molecule has 108 valence electrons. The van der Waals surface area contributed by atoms with E-state index in [-0.39, 0.29) is 6.04 Å². The number of halogens is 2. The van der Waals surface area contributed by atoms with Crippen LogP contribution in [0.3, 0.4) is 0 Å². The van der Waals surface area contributed by atoms with Crippen LogP contribution in [-0.4, -0.2) is 6.54 Å². The molecule has 0 fully saturated rings. The first-order valence-electron chi connectivity index (χ1n) is 6.76. The monoisotopic (exact) mass is 415 g/mol. The summed E-state index contributed by atoms with van der Waals surface area (Å²) in [6, 6.07) is 4.80. The van der Waals surface area contributed by atoms with Gasteiger partial charge in [-0.3, -0.25) is 0 Å². The average molecular weight is 417 g/mol. The molecule has 1 nitrogen and oxygen atoms in total. The lowest BCUT2D eigenvalue weighted by molar-refractivity contribution is 0.598. The van der Waals surface area contributed by atoms with Crippen molar-refractivity contribution in [2.45, 2.75) is 33.2 Å². The number of hydrogen-bond acceptors (Lipinski definition) is 2. The van der Waals surface area contributed by atoms with Crippen LogP contribution in [0.25, 0.3) is 0 Å². The first-order valence-corrected chi connectivity index (χ1v) is 9.29. The summed E-state index contributed by atoms with van der Waals surface area (Å²) < 4.78 is 2.40. The van der Waals surface area contributed by atoms with Crippen LogP contribution in [0.5, 0.6) is 0 Å². The Morgan fingerprint density at radius 3 is 2.30 bits per heavy atom. The lowest BCUT2D eigenvalue weighted by Crippen LogP contribution is -2.23. The lowest BCUT2D eigenvalue weighted by atomic mass is 9.97. The zero-order valence-corrected chi connectivity index (χ0v) is 16.0. The standard InChI is InChI=1S/C16H19Br2NS/c1-4-5-19-16(13-8-20-9-14(13)17)12-6-10(2)15(18)11(3)7-12/h6-9,16,19H,4-5H2,1-3H3. The molecule has 0 aliphatic heterocycles. The minimum atomic E-state index is 0.251. The van der Waals surface area contributed by atoms with E-state index in [1.54, 1.807) is 11.3 Å². The van der Waals surface area contributed by atoms with Crippen LogP contribution < -0.4 is 5.32 Å². The summed E-state index contributed by atoms with van der Waals surface area (Å²) in [5, 5.41) is 8.04. The molecular weight excluding hydrogens is 398 g/mol. The number of hydrogen-bond donors (Lipinski definition) is 1. The van der Waals surface area contributed by atoms with Crippen LogP contribution in [0.4, 0.5) is 0 Å². The van der Waals surface area contributed by atoms with E-state index < -0.39 is 0 Å². The third-order valence-electron chi connectivity index (χ3n) is 3.34. The summed E-state index contributed by atoms with van der Waals surface area (Å²) in [4.78, 5) is 0. The Morgan fingerprint density at radius 2 is 1.80 bits per heavy atom. The van der Waals surface area contributed by atoms with E-state index in [2.05, 4.69) is 80.8 Å². The van der Waals surface area contributed by atoms with Crippen molar-refractivity contribution in [3.63, 3.8) is 0 Å². The Morgan fingerprint density at radius 1 is 1.15 bits per heavy atom. The highest BCUT2D eigenvalue weighted by Gasteiger charge is 2.18. The Bertz CT molecular complexity index is 569. The van der Waals surface area contributed by atoms with Gasteiger partial charge < -0.3 is 5.32 Å². The summed E-state index contributed by atoms with van der Waals surface area (Å²) in [5.41, 5.74) is 5.23. The van der Waals surface area contributed by atoms with Gasteiger partial charge in [0, 0.05) is 14.3 Å². The van der Waals surface area contributed by atoms with Gasteiger partial charge in [0.2, 0.25) is 0 Å². The van der Waals surface area contributed by atoms with E-state index in [4.69, 9.17) is 0 Å². The molecule has 2 rings (SSSR count). The van der Waals surface area contributed by atoms with Gasteiger partial charge in [-0.2, -0.15) is 11.3 Å². The van der Waals surface area contributed by atoms with Gasteiger partial charge in [-0.1, -0.05) is 35.0 Å². The molecule has 0 saturated heterocycles. The lowest BCUT2D eigenvalue weighted by Gasteiger charge is -2.21. The topological polar surface area (TPSA) is 12.0 Å². The van der Waals surface area contributed by atoms with Crippen molar-refractivity contribution >= 4 is 43.2 Å². The Hall–Kier alpha value is -0.160. The summed E-state index contributed by atoms with van der Waals surface area (Å²) >= 11 is 9.06. The van der Waals surface area contributed by atoms with Gasteiger partial charge in [-0.25, -0.2) is 0 Å². The minimum Gasteiger partial charge on any atom is -0.306 e. The molecule has 1 heterocycles. The van der Waals surface area contributed by atoms with Crippen LogP contribution in [-0.2, 0) is 0 Å². The average Bonchev–Trinajstić information content (AvgIpc) is 2.83. The van der Waals surface area contributed by atoms with Crippen molar-refractivity contribution in [2.24, 2.45) is 0 Å². The van der Waals surface area contributed by atoms with Gasteiger partial charge >= 0.3 is 0 Å². The second kappa shape index (κ2) is 7.21. The van der Waals surface area contributed by atoms with E-state index in [9.17, 15) is 0 Å². The molecule has 20 heavy (non-hydrogen) atoms. The maximum Gasteiger partial charge on any atom is 0.0596 e. The second-order valence-corrected chi connectivity index (χ2v) is 7.42. The first kappa shape index (κ1) is 16.2. The quantitative estimate of drug-likeness (QED) is 0.632. The van der Waals surface area contributed by atoms with Gasteiger partial charge in [0.05, 0.1) is 6.04 Å². The summed E-state index contributed by atoms with van der Waals surface area (Å²) in [6.07, 6.45) is 1.13. The fourth-order valence-corrected chi connectivity index (χ4v) is 4.12. The predicted molar refractivity (Wildman–Crippen MR) is 95.8 cm³/mol. The molecule has 0 radical (unpaired) electrons. The molecular formula is C16H19Br2NS. The highest BCUT2D eigenvalue weighted by Crippen LogP contribution is 2.34. The van der Waals surface area contributed by atoms with Gasteiger partial charge in [0.15, 0.2) is 0 Å². The zero-order valence-electron chi connectivity index (χ0n) is 12.0. The maximum absolute atomic E-state index is 3.67. The molecule has 1 aromatic carbocycles. The van der Waals surface area contributed by atoms with Crippen molar-refractivity contribution in [2.75, 3.05) is 6.54 Å². The highest BCUT2D eigenvalue weighted by atomic mass is 79.9. The molecule has 1 unspecified atom stereocenters. The molecule has 0 amide bonds. The van der Waals surface area contributed by atoms with Crippen molar-refractivity contribution in [3.8, 4) is 0 Å². The largest absolute Gasteiger partial charge is 0.306 e. The van der Waals surface area contributed by atoms with E-state index >= 15 is 0 Å². The molecule has 0 saturated carbocycles. The van der Waals surface area contributed by atoms with E-state index in [0.717, 1.165) is 13.0 Å². The zero-order chi connectivity index (χ0) is 14.7. The fourth-order valence-electron chi connectivity index (χ4n) is 2.34. The van der Waals surface area contributed by atoms with Crippen molar-refractivity contribution < 1.29 is 0 Å². The van der Waals surface area contributed by atoms with E-state index in [0.29, 0.717) is 0 Å². The highest BCUT2D eigenvalue weighted by molar-refractivity contribution is 9.10. The van der Waals surface area contributed by atoms with E-state index in [1.165, 1.54) is 31.2 Å². The van der Waals surface area contributed by atoms with Crippen LogP contribution in [0.1, 0.15) is 41.6 Å². The fraction of sp³-hybridized carbons (Fsp3) is 0.375. The van der Waals surface area contributed by atoms with Crippen LogP contribution in [0.15, 0.2) is 31.8 Å². The summed E-state index contributed by atoms with van der Waals surface area (Å²) in [5.74, 6) is 0. The van der Waals surface area contributed by atoms with Gasteiger partial charge in [0.25, 0.3) is 0 Å². The predicted octanol–water partition coefficient (Wildman–Crippen LogP) is 5.98. The maximum atomic E-state index is 3.67.